The maximum absolute atomic E-state index is 13.0. The van der Waals surface area contributed by atoms with Gasteiger partial charge in [0.2, 0.25) is 0 Å². The minimum Gasteiger partial charge on any atom is -0.390 e. The summed E-state index contributed by atoms with van der Waals surface area (Å²) in [6, 6.07) is 0. The van der Waals surface area contributed by atoms with Crippen LogP contribution in [-0.4, -0.2) is 40.7 Å². The van der Waals surface area contributed by atoms with Crippen molar-refractivity contribution in [1.29, 1.82) is 0 Å². The Labute approximate surface area is 111 Å². The third kappa shape index (κ3) is 4.59. The van der Waals surface area contributed by atoms with E-state index in [1.807, 2.05) is 13.8 Å². The van der Waals surface area contributed by atoms with Crippen LogP contribution in [0, 0.1) is 0 Å². The molecule has 1 heterocycles. The Morgan fingerprint density at radius 1 is 1.21 bits per heavy atom. The Morgan fingerprint density at radius 3 is 2.37 bits per heavy atom. The van der Waals surface area contributed by atoms with Crippen molar-refractivity contribution in [1.82, 2.24) is 9.97 Å². The lowest BCUT2D eigenvalue weighted by Gasteiger charge is -2.18. The topological polar surface area (TPSA) is 70.1 Å². The molecule has 1 aromatic rings. The van der Waals surface area contributed by atoms with Gasteiger partial charge in [-0.2, -0.15) is 0 Å². The van der Waals surface area contributed by atoms with Gasteiger partial charge in [-0.25, -0.2) is 18.7 Å². The molecule has 19 heavy (non-hydrogen) atoms. The normalized spacial score (nSPS) is 11.4. The SMILES string of the molecule is CCCc1c(NCC)ncnc1NCC(F)(F)CO. The molecule has 0 aliphatic heterocycles. The first-order valence-corrected chi connectivity index (χ1v) is 6.34. The molecule has 0 bridgehead atoms. The molecule has 108 valence electrons. The number of aliphatic hydroxyl groups excluding tert-OH is 1. The lowest BCUT2D eigenvalue weighted by molar-refractivity contribution is -0.0373. The van der Waals surface area contributed by atoms with Crippen LogP contribution in [0.3, 0.4) is 0 Å². The van der Waals surface area contributed by atoms with Gasteiger partial charge in [0.1, 0.15) is 24.6 Å². The van der Waals surface area contributed by atoms with Gasteiger partial charge in [-0.1, -0.05) is 13.3 Å². The molecule has 0 aliphatic carbocycles. The lowest BCUT2D eigenvalue weighted by atomic mass is 10.1. The fourth-order valence-corrected chi connectivity index (χ4v) is 1.64. The number of nitrogens with one attached hydrogen (secondary N) is 2. The highest BCUT2D eigenvalue weighted by molar-refractivity contribution is 5.57. The average Bonchev–Trinajstić information content (AvgIpc) is 2.40. The summed E-state index contributed by atoms with van der Waals surface area (Å²) in [5.41, 5.74) is 0.792. The van der Waals surface area contributed by atoms with Gasteiger partial charge in [0.15, 0.2) is 0 Å². The van der Waals surface area contributed by atoms with E-state index in [4.69, 9.17) is 5.11 Å². The van der Waals surface area contributed by atoms with Gasteiger partial charge in [0, 0.05) is 12.1 Å². The van der Waals surface area contributed by atoms with E-state index in [2.05, 4.69) is 20.6 Å². The molecule has 0 radical (unpaired) electrons. The summed E-state index contributed by atoms with van der Waals surface area (Å²) < 4.78 is 26.1. The van der Waals surface area contributed by atoms with E-state index in [0.29, 0.717) is 24.6 Å². The average molecular weight is 274 g/mol. The van der Waals surface area contributed by atoms with E-state index in [9.17, 15) is 8.78 Å². The van der Waals surface area contributed by atoms with Crippen LogP contribution in [0.15, 0.2) is 6.33 Å². The third-order valence-electron chi connectivity index (χ3n) is 2.54. The number of rotatable bonds is 8. The molecule has 1 rings (SSSR count). The largest absolute Gasteiger partial charge is 0.390 e. The van der Waals surface area contributed by atoms with E-state index in [1.165, 1.54) is 6.33 Å². The van der Waals surface area contributed by atoms with E-state index in [1.54, 1.807) is 0 Å². The third-order valence-corrected chi connectivity index (χ3v) is 2.54. The summed E-state index contributed by atoms with van der Waals surface area (Å²) >= 11 is 0. The van der Waals surface area contributed by atoms with Crippen LogP contribution in [0.2, 0.25) is 0 Å². The Balaban J connectivity index is 2.89. The van der Waals surface area contributed by atoms with E-state index >= 15 is 0 Å². The molecule has 0 amide bonds. The first kappa shape index (κ1) is 15.6. The molecular weight excluding hydrogens is 254 g/mol. The van der Waals surface area contributed by atoms with Crippen LogP contribution in [0.25, 0.3) is 0 Å². The molecule has 0 atom stereocenters. The molecule has 0 spiro atoms. The van der Waals surface area contributed by atoms with Crippen LogP contribution in [0.4, 0.5) is 20.4 Å². The number of hydrogen-bond acceptors (Lipinski definition) is 5. The second-order valence-corrected chi connectivity index (χ2v) is 4.20. The van der Waals surface area contributed by atoms with E-state index < -0.39 is 19.1 Å². The van der Waals surface area contributed by atoms with Crippen molar-refractivity contribution in [3.05, 3.63) is 11.9 Å². The van der Waals surface area contributed by atoms with Crippen molar-refractivity contribution in [3.63, 3.8) is 0 Å². The van der Waals surface area contributed by atoms with Crippen molar-refractivity contribution in [2.24, 2.45) is 0 Å². The van der Waals surface area contributed by atoms with Crippen LogP contribution in [0.1, 0.15) is 25.8 Å². The Bertz CT molecular complexity index is 401. The van der Waals surface area contributed by atoms with Crippen LogP contribution in [0.5, 0.6) is 0 Å². The molecule has 5 nitrogen and oxygen atoms in total. The standard InChI is InChI=1S/C12H20F2N4O/c1-3-5-9-10(15-4-2)17-8-18-11(9)16-6-12(13,14)7-19/h8,19H,3-7H2,1-2H3,(H2,15,16,17,18). The monoisotopic (exact) mass is 274 g/mol. The number of hydrogen-bond donors (Lipinski definition) is 3. The minimum atomic E-state index is -3.16. The van der Waals surface area contributed by atoms with E-state index in [-0.39, 0.29) is 0 Å². The first-order valence-electron chi connectivity index (χ1n) is 6.34. The van der Waals surface area contributed by atoms with Crippen molar-refractivity contribution in [3.8, 4) is 0 Å². The highest BCUT2D eigenvalue weighted by atomic mass is 19.3. The predicted molar refractivity (Wildman–Crippen MR) is 70.7 cm³/mol. The summed E-state index contributed by atoms with van der Waals surface area (Å²) in [5.74, 6) is -2.11. The van der Waals surface area contributed by atoms with Gasteiger partial charge in [-0.15, -0.1) is 0 Å². The Kier molecular flexibility index (Phi) is 5.88. The summed E-state index contributed by atoms with van der Waals surface area (Å²) in [4.78, 5) is 8.11. The molecule has 0 saturated heterocycles. The second kappa shape index (κ2) is 7.18. The van der Waals surface area contributed by atoms with Crippen molar-refractivity contribution >= 4 is 11.6 Å². The van der Waals surface area contributed by atoms with Crippen LogP contribution < -0.4 is 10.6 Å². The van der Waals surface area contributed by atoms with Crippen molar-refractivity contribution in [2.75, 3.05) is 30.3 Å². The number of halogens is 2. The van der Waals surface area contributed by atoms with Gasteiger partial charge < -0.3 is 15.7 Å². The van der Waals surface area contributed by atoms with Crippen molar-refractivity contribution in [2.45, 2.75) is 32.6 Å². The highest BCUT2D eigenvalue weighted by Crippen LogP contribution is 2.23. The predicted octanol–water partition coefficient (Wildman–Crippen LogP) is 1.90. The minimum absolute atomic E-state index is 0.390. The van der Waals surface area contributed by atoms with Gasteiger partial charge in [-0.3, -0.25) is 0 Å². The van der Waals surface area contributed by atoms with Gasteiger partial charge in [0.25, 0.3) is 5.92 Å². The molecule has 0 aromatic carbocycles. The highest BCUT2D eigenvalue weighted by Gasteiger charge is 2.28. The van der Waals surface area contributed by atoms with E-state index in [0.717, 1.165) is 12.0 Å². The smallest absolute Gasteiger partial charge is 0.287 e. The summed E-state index contributed by atoms with van der Waals surface area (Å²) in [7, 11) is 0. The fourth-order valence-electron chi connectivity index (χ4n) is 1.64. The quantitative estimate of drug-likeness (QED) is 0.675. The molecule has 3 N–H and O–H groups in total. The molecular formula is C12H20F2N4O. The number of aliphatic hydroxyl groups is 1. The van der Waals surface area contributed by atoms with Gasteiger partial charge >= 0.3 is 0 Å². The van der Waals surface area contributed by atoms with Gasteiger partial charge in [-0.05, 0) is 13.3 Å². The maximum atomic E-state index is 13.0. The number of aromatic nitrogens is 2. The number of nitrogens with zero attached hydrogens (tertiary/aromatic N) is 2. The zero-order valence-electron chi connectivity index (χ0n) is 11.2. The number of alkyl halides is 2. The number of anilines is 2. The van der Waals surface area contributed by atoms with Crippen LogP contribution >= 0.6 is 0 Å². The zero-order chi connectivity index (χ0) is 14.3. The molecule has 7 heteroatoms. The molecule has 0 saturated carbocycles. The Hall–Kier alpha value is -1.50. The maximum Gasteiger partial charge on any atom is 0.287 e. The Morgan fingerprint density at radius 2 is 1.84 bits per heavy atom. The summed E-state index contributed by atoms with van der Waals surface area (Å²) in [6.45, 7) is 2.79. The van der Waals surface area contributed by atoms with Crippen LogP contribution in [-0.2, 0) is 6.42 Å². The van der Waals surface area contributed by atoms with Gasteiger partial charge in [0.05, 0.1) is 6.54 Å². The summed E-state index contributed by atoms with van der Waals surface area (Å²) in [6.07, 6.45) is 2.88. The molecule has 1 aromatic heterocycles. The molecule has 0 fully saturated rings. The molecule has 0 aliphatic rings. The zero-order valence-corrected chi connectivity index (χ0v) is 11.2. The molecule has 0 unspecified atom stereocenters. The lowest BCUT2D eigenvalue weighted by Crippen LogP contribution is -2.31. The first-order chi connectivity index (χ1) is 9.04. The summed E-state index contributed by atoms with van der Waals surface area (Å²) in [5, 5.41) is 14.2. The fraction of sp³-hybridized carbons (Fsp3) is 0.667. The van der Waals surface area contributed by atoms with Crippen molar-refractivity contribution < 1.29 is 13.9 Å². The second-order valence-electron chi connectivity index (χ2n) is 4.20.